The first kappa shape index (κ1) is 13.3. The SMILES string of the molecule is NC1c2ccccc2OCC1S(=O)c1ccc(F)cc1. The van der Waals surface area contributed by atoms with Gasteiger partial charge in [0.25, 0.3) is 0 Å². The zero-order valence-electron chi connectivity index (χ0n) is 10.7. The second-order valence-electron chi connectivity index (χ2n) is 4.66. The van der Waals surface area contributed by atoms with Crippen molar-refractivity contribution in [3.8, 4) is 5.75 Å². The number of halogens is 1. The molecule has 2 N–H and O–H groups in total. The van der Waals surface area contributed by atoms with Crippen molar-refractivity contribution in [3.63, 3.8) is 0 Å². The predicted octanol–water partition coefficient (Wildman–Crippen LogP) is 2.39. The molecule has 0 saturated heterocycles. The molecule has 1 aliphatic rings. The Morgan fingerprint density at radius 1 is 1.15 bits per heavy atom. The van der Waals surface area contributed by atoms with Crippen LogP contribution in [0.25, 0.3) is 0 Å². The standard InChI is InChI=1S/C15H14FNO2S/c16-10-5-7-11(8-6-10)20(18)14-9-19-13-4-2-1-3-12(13)15(14)17/h1-8,14-15H,9,17H2. The van der Waals surface area contributed by atoms with Crippen molar-refractivity contribution >= 4 is 10.8 Å². The molecule has 2 aromatic carbocycles. The maximum absolute atomic E-state index is 12.9. The van der Waals surface area contributed by atoms with E-state index in [2.05, 4.69) is 0 Å². The summed E-state index contributed by atoms with van der Waals surface area (Å²) < 4.78 is 31.1. The van der Waals surface area contributed by atoms with E-state index in [1.165, 1.54) is 24.3 Å². The van der Waals surface area contributed by atoms with Crippen LogP contribution < -0.4 is 10.5 Å². The lowest BCUT2D eigenvalue weighted by atomic mass is 10.0. The Labute approximate surface area is 119 Å². The number of ether oxygens (including phenoxy) is 1. The number of benzene rings is 2. The van der Waals surface area contributed by atoms with Crippen molar-refractivity contribution in [1.29, 1.82) is 0 Å². The lowest BCUT2D eigenvalue weighted by Crippen LogP contribution is -2.39. The molecule has 0 radical (unpaired) electrons. The molecule has 3 nitrogen and oxygen atoms in total. The lowest BCUT2D eigenvalue weighted by molar-refractivity contribution is 0.273. The van der Waals surface area contributed by atoms with Crippen LogP contribution in [0.3, 0.4) is 0 Å². The summed E-state index contributed by atoms with van der Waals surface area (Å²) >= 11 is 0. The summed E-state index contributed by atoms with van der Waals surface area (Å²) in [7, 11) is -1.33. The minimum Gasteiger partial charge on any atom is -0.492 e. The Morgan fingerprint density at radius 3 is 2.60 bits per heavy atom. The number of rotatable bonds is 2. The molecule has 1 aliphatic heterocycles. The van der Waals surface area contributed by atoms with Gasteiger partial charge in [0.2, 0.25) is 0 Å². The fraction of sp³-hybridized carbons (Fsp3) is 0.200. The van der Waals surface area contributed by atoms with Crippen LogP contribution in [0.5, 0.6) is 5.75 Å². The van der Waals surface area contributed by atoms with Crippen LogP contribution in [-0.4, -0.2) is 16.1 Å². The van der Waals surface area contributed by atoms with Gasteiger partial charge in [-0.2, -0.15) is 0 Å². The molecule has 0 spiro atoms. The third-order valence-electron chi connectivity index (χ3n) is 3.40. The summed E-state index contributed by atoms with van der Waals surface area (Å²) in [5.41, 5.74) is 7.07. The Kier molecular flexibility index (Phi) is 3.54. The second-order valence-corrected chi connectivity index (χ2v) is 6.34. The zero-order chi connectivity index (χ0) is 14.1. The van der Waals surface area contributed by atoms with Gasteiger partial charge < -0.3 is 10.5 Å². The smallest absolute Gasteiger partial charge is 0.124 e. The maximum atomic E-state index is 12.9. The molecule has 0 saturated carbocycles. The van der Waals surface area contributed by atoms with Gasteiger partial charge in [0, 0.05) is 10.5 Å². The molecule has 0 aromatic heterocycles. The van der Waals surface area contributed by atoms with Gasteiger partial charge in [-0.1, -0.05) is 18.2 Å². The third-order valence-corrected chi connectivity index (χ3v) is 5.12. The van der Waals surface area contributed by atoms with Crippen molar-refractivity contribution in [3.05, 3.63) is 59.9 Å². The number of para-hydroxylation sites is 1. The molecular formula is C15H14FNO2S. The van der Waals surface area contributed by atoms with E-state index >= 15 is 0 Å². The predicted molar refractivity (Wildman–Crippen MR) is 75.5 cm³/mol. The number of hydrogen-bond acceptors (Lipinski definition) is 3. The first-order valence-electron chi connectivity index (χ1n) is 6.30. The molecule has 1 heterocycles. The maximum Gasteiger partial charge on any atom is 0.124 e. The largest absolute Gasteiger partial charge is 0.492 e. The van der Waals surface area contributed by atoms with Crippen LogP contribution in [0.15, 0.2) is 53.4 Å². The van der Waals surface area contributed by atoms with Gasteiger partial charge in [-0.3, -0.25) is 4.21 Å². The lowest BCUT2D eigenvalue weighted by Gasteiger charge is -2.30. The van der Waals surface area contributed by atoms with Crippen LogP contribution in [-0.2, 0) is 10.8 Å². The van der Waals surface area contributed by atoms with E-state index in [1.807, 2.05) is 24.3 Å². The quantitative estimate of drug-likeness (QED) is 0.924. The third kappa shape index (κ3) is 2.34. The van der Waals surface area contributed by atoms with Gasteiger partial charge in [-0.15, -0.1) is 0 Å². The van der Waals surface area contributed by atoms with Crippen molar-refractivity contribution in [1.82, 2.24) is 0 Å². The Bertz CT molecular complexity index is 645. The highest BCUT2D eigenvalue weighted by atomic mass is 32.2. The van der Waals surface area contributed by atoms with Crippen LogP contribution in [0.1, 0.15) is 11.6 Å². The van der Waals surface area contributed by atoms with E-state index in [4.69, 9.17) is 10.5 Å². The minimum atomic E-state index is -1.33. The van der Waals surface area contributed by atoms with Gasteiger partial charge >= 0.3 is 0 Å². The highest BCUT2D eigenvalue weighted by Gasteiger charge is 2.32. The van der Waals surface area contributed by atoms with E-state index < -0.39 is 10.8 Å². The Morgan fingerprint density at radius 2 is 1.85 bits per heavy atom. The van der Waals surface area contributed by atoms with Gasteiger partial charge in [-0.05, 0) is 30.3 Å². The molecule has 0 bridgehead atoms. The summed E-state index contributed by atoms with van der Waals surface area (Å²) in [5, 5.41) is -0.338. The molecule has 3 rings (SSSR count). The molecule has 0 amide bonds. The van der Waals surface area contributed by atoms with Gasteiger partial charge in [0.1, 0.15) is 18.2 Å². The number of fused-ring (bicyclic) bond motifs is 1. The Balaban J connectivity index is 1.89. The van der Waals surface area contributed by atoms with Crippen LogP contribution >= 0.6 is 0 Å². The number of nitrogens with two attached hydrogens (primary N) is 1. The van der Waals surface area contributed by atoms with E-state index in [9.17, 15) is 8.60 Å². The summed E-state index contributed by atoms with van der Waals surface area (Å²) in [6.07, 6.45) is 0. The zero-order valence-corrected chi connectivity index (χ0v) is 11.5. The molecule has 20 heavy (non-hydrogen) atoms. The van der Waals surface area contributed by atoms with Gasteiger partial charge in [-0.25, -0.2) is 4.39 Å². The van der Waals surface area contributed by atoms with E-state index in [-0.39, 0.29) is 17.1 Å². The van der Waals surface area contributed by atoms with Crippen molar-refractivity contribution < 1.29 is 13.3 Å². The molecule has 0 fully saturated rings. The fourth-order valence-electron chi connectivity index (χ4n) is 2.30. The average Bonchev–Trinajstić information content (AvgIpc) is 2.48. The monoisotopic (exact) mass is 291 g/mol. The van der Waals surface area contributed by atoms with Crippen LogP contribution in [0, 0.1) is 5.82 Å². The van der Waals surface area contributed by atoms with Gasteiger partial charge in [0.05, 0.1) is 22.1 Å². The van der Waals surface area contributed by atoms with E-state index in [0.29, 0.717) is 11.5 Å². The molecule has 3 unspecified atom stereocenters. The fourth-order valence-corrected chi connectivity index (χ4v) is 3.66. The summed E-state index contributed by atoms with van der Waals surface area (Å²) in [4.78, 5) is 0.565. The van der Waals surface area contributed by atoms with Crippen molar-refractivity contribution in [2.24, 2.45) is 5.73 Å². The van der Waals surface area contributed by atoms with Crippen molar-refractivity contribution in [2.75, 3.05) is 6.61 Å². The summed E-state index contributed by atoms with van der Waals surface area (Å²) in [6, 6.07) is 12.8. The molecule has 0 aliphatic carbocycles. The topological polar surface area (TPSA) is 52.3 Å². The van der Waals surface area contributed by atoms with E-state index in [1.54, 1.807) is 0 Å². The van der Waals surface area contributed by atoms with Gasteiger partial charge in [0.15, 0.2) is 0 Å². The molecular weight excluding hydrogens is 277 g/mol. The average molecular weight is 291 g/mol. The highest BCUT2D eigenvalue weighted by molar-refractivity contribution is 7.85. The van der Waals surface area contributed by atoms with Crippen molar-refractivity contribution in [2.45, 2.75) is 16.2 Å². The van der Waals surface area contributed by atoms with Crippen LogP contribution in [0.2, 0.25) is 0 Å². The molecule has 5 heteroatoms. The highest BCUT2D eigenvalue weighted by Crippen LogP contribution is 2.33. The second kappa shape index (κ2) is 5.34. The van der Waals surface area contributed by atoms with Crippen LogP contribution in [0.4, 0.5) is 4.39 Å². The molecule has 3 atom stereocenters. The summed E-state index contributed by atoms with van der Waals surface area (Å²) in [6.45, 7) is 0.294. The Hall–Kier alpha value is -1.72. The summed E-state index contributed by atoms with van der Waals surface area (Å²) in [5.74, 6) is 0.396. The number of hydrogen-bond donors (Lipinski definition) is 1. The first-order valence-corrected chi connectivity index (χ1v) is 7.51. The first-order chi connectivity index (χ1) is 9.66. The van der Waals surface area contributed by atoms with E-state index in [0.717, 1.165) is 11.3 Å². The minimum absolute atomic E-state index is 0.294. The normalized spacial score (nSPS) is 22.7. The molecule has 104 valence electrons. The molecule has 2 aromatic rings.